The Balaban J connectivity index is 0.673. The Bertz CT molecular complexity index is 5990. The minimum Gasteiger partial charge on any atom is -0.256 e. The molecule has 0 spiro atoms. The number of nitrogens with zero attached hydrogens (tertiary/aromatic N) is 3. The van der Waals surface area contributed by atoms with Gasteiger partial charge in [0.05, 0.1) is 17.1 Å². The topological polar surface area (TPSA) is 38.7 Å². The van der Waals surface area contributed by atoms with Gasteiger partial charge in [0.2, 0.25) is 0 Å². The Morgan fingerprint density at radius 3 is 0.730 bits per heavy atom. The fourth-order valence-electron chi connectivity index (χ4n) is 14.6. The van der Waals surface area contributed by atoms with Crippen LogP contribution in [0.25, 0.3) is 165 Å². The van der Waals surface area contributed by atoms with Crippen molar-refractivity contribution in [3.63, 3.8) is 0 Å². The molecule has 0 amide bonds. The van der Waals surface area contributed by atoms with Crippen LogP contribution in [0.5, 0.6) is 0 Å². The molecule has 0 saturated carbocycles. The van der Waals surface area contributed by atoms with Crippen LogP contribution < -0.4 is 0 Å². The van der Waals surface area contributed by atoms with E-state index < -0.39 is 0 Å². The molecule has 0 radical (unpaired) electrons. The van der Waals surface area contributed by atoms with Crippen molar-refractivity contribution in [1.29, 1.82) is 0 Å². The lowest BCUT2D eigenvalue weighted by atomic mass is 9.86. The van der Waals surface area contributed by atoms with E-state index in [2.05, 4.69) is 357 Å². The summed E-state index contributed by atoms with van der Waals surface area (Å²) in [7, 11) is 0. The van der Waals surface area contributed by atoms with Crippen LogP contribution in [0.2, 0.25) is 0 Å². The maximum absolute atomic E-state index is 5.16. The summed E-state index contributed by atoms with van der Waals surface area (Å²) in [4.78, 5) is 15.3. The zero-order valence-corrected chi connectivity index (χ0v) is 54.4. The van der Waals surface area contributed by atoms with E-state index in [1.807, 2.05) is 24.7 Å². The molecule has 3 aromatic heterocycles. The molecular formula is C97H59N3. The van der Waals surface area contributed by atoms with Gasteiger partial charge in [0.1, 0.15) is 0 Å². The SMILES string of the molecule is C(#Cc1ccc2c3ccccc3c3ccccc3c2c1)c1cccc(-c2ccc(-c3ccccc3-c3cc(-c4ccccc4-c4ccc(-c5ccccc5)nc4)cc(-c4ccccc4-c4ccc(-c5cccc(C#Cc6ccc7c8ccccc8c8ccccc8c7c6)c5)nc4)c3)cn2)c1. The average molecular weight is 1270 g/mol. The molecule has 0 fully saturated rings. The van der Waals surface area contributed by atoms with Gasteiger partial charge in [0.15, 0.2) is 0 Å². The maximum Gasteiger partial charge on any atom is 0.0702 e. The van der Waals surface area contributed by atoms with Crippen molar-refractivity contribution in [2.45, 2.75) is 0 Å². The van der Waals surface area contributed by atoms with Gasteiger partial charge < -0.3 is 0 Å². The Morgan fingerprint density at radius 2 is 0.410 bits per heavy atom. The summed E-state index contributed by atoms with van der Waals surface area (Å²) in [5, 5.41) is 14.9. The largest absolute Gasteiger partial charge is 0.256 e. The highest BCUT2D eigenvalue weighted by Crippen LogP contribution is 2.44. The molecule has 15 aromatic carbocycles. The zero-order chi connectivity index (χ0) is 66.3. The molecule has 0 N–H and O–H groups in total. The van der Waals surface area contributed by atoms with Crippen LogP contribution in [0.15, 0.2) is 358 Å². The second kappa shape index (κ2) is 25.5. The van der Waals surface area contributed by atoms with E-state index in [0.29, 0.717) is 0 Å². The number of benzene rings is 15. The first-order valence-corrected chi connectivity index (χ1v) is 33.8. The monoisotopic (exact) mass is 1270 g/mol. The highest BCUT2D eigenvalue weighted by molar-refractivity contribution is 6.26. The third-order valence-electron chi connectivity index (χ3n) is 19.4. The summed E-state index contributed by atoms with van der Waals surface area (Å²) in [6, 6.07) is 121. The minimum absolute atomic E-state index is 0.874. The van der Waals surface area contributed by atoms with Crippen molar-refractivity contribution in [2.75, 3.05) is 0 Å². The molecule has 0 atom stereocenters. The van der Waals surface area contributed by atoms with Crippen molar-refractivity contribution in [2.24, 2.45) is 0 Å². The molecule has 0 saturated heterocycles. The van der Waals surface area contributed by atoms with Gasteiger partial charge >= 0.3 is 0 Å². The summed E-state index contributed by atoms with van der Waals surface area (Å²) in [5.41, 5.74) is 22.4. The molecule has 3 nitrogen and oxygen atoms in total. The van der Waals surface area contributed by atoms with E-state index in [0.717, 1.165) is 123 Å². The fraction of sp³-hybridized carbons (Fsp3) is 0. The number of pyridine rings is 3. The van der Waals surface area contributed by atoms with E-state index in [4.69, 9.17) is 15.0 Å². The van der Waals surface area contributed by atoms with Gasteiger partial charge in [0, 0.05) is 74.2 Å². The predicted octanol–water partition coefficient (Wildman–Crippen LogP) is 24.6. The molecule has 462 valence electrons. The third kappa shape index (κ3) is 11.2. The molecule has 0 bridgehead atoms. The van der Waals surface area contributed by atoms with Crippen LogP contribution in [0, 0.1) is 23.7 Å². The molecule has 3 heteroatoms. The van der Waals surface area contributed by atoms with Crippen molar-refractivity contribution in [3.05, 3.63) is 381 Å². The van der Waals surface area contributed by atoms with Crippen LogP contribution in [0.4, 0.5) is 0 Å². The molecule has 18 rings (SSSR count). The summed E-state index contributed by atoms with van der Waals surface area (Å²) >= 11 is 0. The first-order valence-electron chi connectivity index (χ1n) is 33.8. The summed E-state index contributed by atoms with van der Waals surface area (Å²) in [6.07, 6.45) is 6.01. The molecule has 0 aliphatic rings. The van der Waals surface area contributed by atoms with Crippen LogP contribution >= 0.6 is 0 Å². The van der Waals surface area contributed by atoms with Crippen molar-refractivity contribution < 1.29 is 0 Å². The predicted molar refractivity (Wildman–Crippen MR) is 419 cm³/mol. The molecule has 0 aliphatic heterocycles. The van der Waals surface area contributed by atoms with E-state index in [-0.39, 0.29) is 0 Å². The first kappa shape index (κ1) is 59.0. The standard InChI is InChI=1S/C97H59N3/c1-2-22-68(23-3-1)95-51-46-71(61-98-95)77-26-4-7-29-80(77)74-58-75(81-30-8-5-27-78(81)72-47-52-96(99-62-72)69-24-18-20-64(54-69)40-42-66-44-49-91-87-36-12-10-32-83(87)85-34-14-16-38-89(85)93(91)56-66)60-76(59-74)82-31-9-6-28-79(82)73-48-53-97(100-63-73)70-25-19-21-65(55-70)41-43-67-45-50-92-88-37-13-11-33-84(88)86-35-15-17-39-90(86)94(92)57-67/h1-39,44-63H. The zero-order valence-electron chi connectivity index (χ0n) is 54.4. The second-order valence-electron chi connectivity index (χ2n) is 25.5. The van der Waals surface area contributed by atoms with Crippen LogP contribution in [0.3, 0.4) is 0 Å². The van der Waals surface area contributed by atoms with Gasteiger partial charge in [-0.3, -0.25) is 15.0 Å². The van der Waals surface area contributed by atoms with Gasteiger partial charge in [-0.05, 0) is 200 Å². The summed E-state index contributed by atoms with van der Waals surface area (Å²) in [5.74, 6) is 14.0. The van der Waals surface area contributed by atoms with Crippen molar-refractivity contribution >= 4 is 64.6 Å². The number of hydrogen-bond acceptors (Lipinski definition) is 3. The fourth-order valence-corrected chi connectivity index (χ4v) is 14.6. The molecule has 18 aromatic rings. The minimum atomic E-state index is 0.874. The van der Waals surface area contributed by atoms with Gasteiger partial charge in [-0.15, -0.1) is 0 Å². The van der Waals surface area contributed by atoms with E-state index in [9.17, 15) is 0 Å². The van der Waals surface area contributed by atoms with Crippen LogP contribution in [0.1, 0.15) is 22.3 Å². The maximum atomic E-state index is 5.16. The first-order chi connectivity index (χ1) is 49.5. The highest BCUT2D eigenvalue weighted by atomic mass is 14.7. The van der Waals surface area contributed by atoms with Crippen LogP contribution in [-0.2, 0) is 0 Å². The second-order valence-corrected chi connectivity index (χ2v) is 25.5. The van der Waals surface area contributed by atoms with Crippen molar-refractivity contribution in [3.8, 4) is 124 Å². The lowest BCUT2D eigenvalue weighted by Gasteiger charge is -2.18. The van der Waals surface area contributed by atoms with E-state index >= 15 is 0 Å². The molecular weight excluding hydrogens is 1210 g/mol. The van der Waals surface area contributed by atoms with Gasteiger partial charge in [-0.25, -0.2) is 0 Å². The third-order valence-corrected chi connectivity index (χ3v) is 19.4. The summed E-state index contributed by atoms with van der Waals surface area (Å²) in [6.45, 7) is 0. The Morgan fingerprint density at radius 1 is 0.150 bits per heavy atom. The molecule has 0 aliphatic carbocycles. The smallest absolute Gasteiger partial charge is 0.0702 e. The molecule has 0 unspecified atom stereocenters. The van der Waals surface area contributed by atoms with E-state index in [1.165, 1.54) is 64.6 Å². The molecule has 3 heterocycles. The van der Waals surface area contributed by atoms with Gasteiger partial charge in [0.25, 0.3) is 0 Å². The number of fused-ring (bicyclic) bond motifs is 12. The quantitative estimate of drug-likeness (QED) is 0.107. The van der Waals surface area contributed by atoms with Crippen LogP contribution in [-0.4, -0.2) is 15.0 Å². The van der Waals surface area contributed by atoms with Gasteiger partial charge in [-0.2, -0.15) is 0 Å². The Labute approximate surface area is 580 Å². The molecule has 100 heavy (non-hydrogen) atoms. The van der Waals surface area contributed by atoms with Gasteiger partial charge in [-0.1, -0.05) is 278 Å². The lowest BCUT2D eigenvalue weighted by Crippen LogP contribution is -1.93. The number of hydrogen-bond donors (Lipinski definition) is 0. The summed E-state index contributed by atoms with van der Waals surface area (Å²) < 4.78 is 0. The van der Waals surface area contributed by atoms with Crippen molar-refractivity contribution in [1.82, 2.24) is 15.0 Å². The lowest BCUT2D eigenvalue weighted by molar-refractivity contribution is 1.32. The number of aromatic nitrogens is 3. The normalized spacial score (nSPS) is 11.2. The number of rotatable bonds is 9. The average Bonchev–Trinajstić information content (AvgIpc) is 0.768. The Kier molecular flexibility index (Phi) is 15.1. The highest BCUT2D eigenvalue weighted by Gasteiger charge is 2.19. The van der Waals surface area contributed by atoms with E-state index in [1.54, 1.807) is 0 Å². The Hall–Kier alpha value is -13.6.